The first-order chi connectivity index (χ1) is 8.61. The number of nitrogen functional groups attached to an aromatic ring is 1. The molecule has 90 valence electrons. The van der Waals surface area contributed by atoms with Crippen molar-refractivity contribution in [2.45, 2.75) is 0 Å². The van der Waals surface area contributed by atoms with Crippen LogP contribution in [-0.2, 0) is 0 Å². The Balaban J connectivity index is 2.23. The van der Waals surface area contributed by atoms with E-state index in [0.29, 0.717) is 11.3 Å². The topological polar surface area (TPSA) is 95.9 Å². The van der Waals surface area contributed by atoms with E-state index in [1.165, 1.54) is 4.90 Å². The fraction of sp³-hybridized carbons (Fsp3) is 0.0909. The Labute approximate surface area is 107 Å². The Morgan fingerprint density at radius 1 is 1.39 bits per heavy atom. The second kappa shape index (κ2) is 4.81. The van der Waals surface area contributed by atoms with E-state index in [2.05, 4.69) is 10.2 Å². The van der Waals surface area contributed by atoms with Crippen molar-refractivity contribution < 1.29 is 4.79 Å². The summed E-state index contributed by atoms with van der Waals surface area (Å²) < 4.78 is 0. The molecule has 2 N–H and O–H groups in total. The third-order valence-electron chi connectivity index (χ3n) is 2.31. The van der Waals surface area contributed by atoms with Gasteiger partial charge in [0.15, 0.2) is 0 Å². The summed E-state index contributed by atoms with van der Waals surface area (Å²) in [7, 11) is 1.63. The number of amides is 1. The van der Waals surface area contributed by atoms with Crippen LogP contribution in [0.15, 0.2) is 24.3 Å². The summed E-state index contributed by atoms with van der Waals surface area (Å²) in [4.78, 5) is 13.5. The molecule has 7 heteroatoms. The number of nitrogens with two attached hydrogens (primary N) is 1. The number of hydrogen-bond donors (Lipinski definition) is 1. The van der Waals surface area contributed by atoms with Crippen LogP contribution in [0.5, 0.6) is 0 Å². The molecule has 2 aromatic rings. The second-order valence-electron chi connectivity index (χ2n) is 3.47. The largest absolute Gasteiger partial charge is 0.374 e. The van der Waals surface area contributed by atoms with Crippen LogP contribution >= 0.6 is 11.3 Å². The van der Waals surface area contributed by atoms with Gasteiger partial charge in [0.1, 0.15) is 0 Å². The minimum absolute atomic E-state index is 0.236. The van der Waals surface area contributed by atoms with Crippen molar-refractivity contribution in [3.05, 3.63) is 34.8 Å². The lowest BCUT2D eigenvalue weighted by Gasteiger charge is -2.15. The molecule has 0 spiro atoms. The van der Waals surface area contributed by atoms with Gasteiger partial charge in [-0.05, 0) is 24.3 Å². The summed E-state index contributed by atoms with van der Waals surface area (Å²) in [5.74, 6) is -0.283. The fourth-order valence-corrected chi connectivity index (χ4v) is 1.93. The average Bonchev–Trinajstić information content (AvgIpc) is 2.84. The number of rotatable bonds is 2. The van der Waals surface area contributed by atoms with Crippen LogP contribution in [-0.4, -0.2) is 23.2 Å². The van der Waals surface area contributed by atoms with Gasteiger partial charge in [0.2, 0.25) is 10.1 Å². The lowest BCUT2D eigenvalue weighted by atomic mass is 10.2. The summed E-state index contributed by atoms with van der Waals surface area (Å²) in [5.41, 5.74) is 6.65. The summed E-state index contributed by atoms with van der Waals surface area (Å²) in [6.07, 6.45) is 0. The zero-order valence-electron chi connectivity index (χ0n) is 9.49. The van der Waals surface area contributed by atoms with E-state index in [1.54, 1.807) is 31.3 Å². The molecule has 1 aromatic carbocycles. The predicted molar refractivity (Wildman–Crippen MR) is 68.2 cm³/mol. The van der Waals surface area contributed by atoms with Gasteiger partial charge in [0.25, 0.3) is 5.91 Å². The molecule has 0 bridgehead atoms. The van der Waals surface area contributed by atoms with Crippen LogP contribution in [0.3, 0.4) is 0 Å². The molecule has 0 saturated heterocycles. The smallest absolute Gasteiger partial charge is 0.289 e. The first-order valence-corrected chi connectivity index (χ1v) is 5.80. The molecule has 1 amide bonds. The van der Waals surface area contributed by atoms with Gasteiger partial charge in [-0.15, -0.1) is 10.2 Å². The number of aromatic nitrogens is 2. The molecule has 0 fully saturated rings. The number of hydrogen-bond acceptors (Lipinski definition) is 6. The minimum atomic E-state index is -0.283. The highest BCUT2D eigenvalue weighted by molar-refractivity contribution is 7.17. The van der Waals surface area contributed by atoms with Gasteiger partial charge in [-0.25, -0.2) is 0 Å². The van der Waals surface area contributed by atoms with Gasteiger partial charge in [-0.2, -0.15) is 5.26 Å². The summed E-state index contributed by atoms with van der Waals surface area (Å²) in [5, 5.41) is 16.5. The highest BCUT2D eigenvalue weighted by Gasteiger charge is 2.17. The Bertz CT molecular complexity index is 613. The average molecular weight is 259 g/mol. The zero-order valence-corrected chi connectivity index (χ0v) is 10.3. The van der Waals surface area contributed by atoms with E-state index < -0.39 is 0 Å². The van der Waals surface area contributed by atoms with Crippen molar-refractivity contribution in [2.75, 3.05) is 17.7 Å². The highest BCUT2D eigenvalue weighted by atomic mass is 32.1. The third kappa shape index (κ3) is 2.28. The molecule has 0 unspecified atom stereocenters. The maximum atomic E-state index is 12.0. The summed E-state index contributed by atoms with van der Waals surface area (Å²) >= 11 is 1.04. The van der Waals surface area contributed by atoms with Gasteiger partial charge in [-0.1, -0.05) is 11.3 Å². The lowest BCUT2D eigenvalue weighted by molar-refractivity contribution is 0.0992. The van der Waals surface area contributed by atoms with Crippen molar-refractivity contribution in [3.8, 4) is 6.07 Å². The van der Waals surface area contributed by atoms with Crippen LogP contribution in [0.25, 0.3) is 0 Å². The molecule has 6 nitrogen and oxygen atoms in total. The number of carbonyl (C=O) groups excluding carboxylic acids is 1. The van der Waals surface area contributed by atoms with E-state index in [-0.39, 0.29) is 16.0 Å². The van der Waals surface area contributed by atoms with Gasteiger partial charge < -0.3 is 10.6 Å². The molecule has 1 heterocycles. The first kappa shape index (κ1) is 12.0. The van der Waals surface area contributed by atoms with Crippen LogP contribution in [0.1, 0.15) is 15.4 Å². The number of benzene rings is 1. The van der Waals surface area contributed by atoms with Crippen LogP contribution in [0.2, 0.25) is 0 Å². The van der Waals surface area contributed by atoms with Crippen molar-refractivity contribution in [1.82, 2.24) is 10.2 Å². The van der Waals surface area contributed by atoms with E-state index >= 15 is 0 Å². The van der Waals surface area contributed by atoms with Crippen molar-refractivity contribution in [1.29, 1.82) is 5.26 Å². The van der Waals surface area contributed by atoms with Gasteiger partial charge in [-0.3, -0.25) is 4.79 Å². The van der Waals surface area contributed by atoms with Crippen LogP contribution in [0, 0.1) is 11.3 Å². The van der Waals surface area contributed by atoms with Crippen molar-refractivity contribution in [3.63, 3.8) is 0 Å². The van der Waals surface area contributed by atoms with E-state index in [9.17, 15) is 4.79 Å². The number of anilines is 2. The van der Waals surface area contributed by atoms with Crippen LogP contribution < -0.4 is 10.6 Å². The molecule has 0 aliphatic rings. The van der Waals surface area contributed by atoms with Crippen LogP contribution in [0.4, 0.5) is 10.8 Å². The van der Waals surface area contributed by atoms with E-state index in [4.69, 9.17) is 11.0 Å². The number of nitrogens with zero attached hydrogens (tertiary/aromatic N) is 4. The van der Waals surface area contributed by atoms with Crippen molar-refractivity contribution >= 4 is 28.1 Å². The molecule has 18 heavy (non-hydrogen) atoms. The molecule has 0 radical (unpaired) electrons. The van der Waals surface area contributed by atoms with E-state index in [0.717, 1.165) is 11.3 Å². The monoisotopic (exact) mass is 259 g/mol. The van der Waals surface area contributed by atoms with Gasteiger partial charge in [0.05, 0.1) is 11.6 Å². The van der Waals surface area contributed by atoms with E-state index in [1.807, 2.05) is 6.07 Å². The predicted octanol–water partition coefficient (Wildman–Crippen LogP) is 1.27. The molecule has 2 rings (SSSR count). The standard InChI is InChI=1S/C11H9N5OS/c1-16(8-4-2-7(6-12)3-5-8)10(17)9-14-15-11(13)18-9/h2-5H,1H3,(H2,13,15). The SMILES string of the molecule is CN(C(=O)c1nnc(N)s1)c1ccc(C#N)cc1. The van der Waals surface area contributed by atoms with Gasteiger partial charge in [0, 0.05) is 12.7 Å². The lowest BCUT2D eigenvalue weighted by Crippen LogP contribution is -2.26. The Morgan fingerprint density at radius 3 is 2.56 bits per heavy atom. The fourth-order valence-electron chi connectivity index (χ4n) is 1.34. The Kier molecular flexibility index (Phi) is 3.21. The third-order valence-corrected chi connectivity index (χ3v) is 3.05. The van der Waals surface area contributed by atoms with Crippen molar-refractivity contribution in [2.24, 2.45) is 0 Å². The summed E-state index contributed by atoms with van der Waals surface area (Å²) in [6, 6.07) is 8.70. The molecule has 0 atom stereocenters. The maximum absolute atomic E-state index is 12.0. The normalized spacial score (nSPS) is 9.78. The molecule has 0 aliphatic heterocycles. The highest BCUT2D eigenvalue weighted by Crippen LogP contribution is 2.18. The Hall–Kier alpha value is -2.46. The maximum Gasteiger partial charge on any atom is 0.289 e. The first-order valence-electron chi connectivity index (χ1n) is 4.99. The molecule has 1 aromatic heterocycles. The minimum Gasteiger partial charge on any atom is -0.374 e. The zero-order chi connectivity index (χ0) is 13.1. The molecule has 0 saturated carbocycles. The van der Waals surface area contributed by atoms with Gasteiger partial charge >= 0.3 is 0 Å². The quantitative estimate of drug-likeness (QED) is 0.876. The molecular weight excluding hydrogens is 250 g/mol. The Morgan fingerprint density at radius 2 is 2.06 bits per heavy atom. The number of nitriles is 1. The second-order valence-corrected chi connectivity index (χ2v) is 4.48. The summed E-state index contributed by atoms with van der Waals surface area (Å²) in [6.45, 7) is 0. The molecule has 0 aliphatic carbocycles. The number of carbonyl (C=O) groups is 1. The molecular formula is C11H9N5OS.